The summed E-state index contributed by atoms with van der Waals surface area (Å²) in [6.45, 7) is 3.34. The molecule has 0 N–H and O–H groups in total. The van der Waals surface area contributed by atoms with Gasteiger partial charge in [-0.3, -0.25) is 29.3 Å². The highest BCUT2D eigenvalue weighted by Gasteiger charge is 2.52. The molecule has 0 radical (unpaired) electrons. The Morgan fingerprint density at radius 3 is 2.38 bits per heavy atom. The van der Waals surface area contributed by atoms with Gasteiger partial charge in [-0.05, 0) is 38.2 Å². The zero-order valence-electron chi connectivity index (χ0n) is 19.0. The first-order valence-electron chi connectivity index (χ1n) is 11.2. The first-order chi connectivity index (χ1) is 16.2. The van der Waals surface area contributed by atoms with Crippen molar-refractivity contribution in [3.8, 4) is 0 Å². The maximum atomic E-state index is 13.5. The summed E-state index contributed by atoms with van der Waals surface area (Å²) in [5, 5.41) is 12.9. The molecule has 0 aromatic heterocycles. The molecule has 1 aliphatic heterocycles. The van der Waals surface area contributed by atoms with Gasteiger partial charge in [-0.25, -0.2) is 5.01 Å². The smallest absolute Gasteiger partial charge is 0.273 e. The number of amides is 3. The fraction of sp³-hybridized carbons (Fsp3) is 0.360. The lowest BCUT2D eigenvalue weighted by atomic mass is 9.76. The Hall–Kier alpha value is -3.88. The number of hydrogen-bond acceptors (Lipinski definition) is 6. The molecular weight excluding hydrogens is 438 g/mol. The topological polar surface area (TPSA) is 118 Å². The van der Waals surface area contributed by atoms with Gasteiger partial charge in [0.15, 0.2) is 5.78 Å². The maximum Gasteiger partial charge on any atom is 0.273 e. The zero-order chi connectivity index (χ0) is 24.6. The summed E-state index contributed by atoms with van der Waals surface area (Å²) in [6, 6.07) is 11.8. The Morgan fingerprint density at radius 1 is 1.03 bits per heavy atom. The summed E-state index contributed by atoms with van der Waals surface area (Å²) >= 11 is 0. The Labute approximate surface area is 196 Å². The largest absolute Gasteiger partial charge is 0.292 e. The van der Waals surface area contributed by atoms with E-state index in [2.05, 4.69) is 0 Å². The fourth-order valence-corrected chi connectivity index (χ4v) is 4.71. The first kappa shape index (κ1) is 23.3. The molecule has 2 fully saturated rings. The van der Waals surface area contributed by atoms with E-state index in [9.17, 15) is 29.3 Å². The number of carbonyl (C=O) groups is 4. The van der Waals surface area contributed by atoms with Crippen molar-refractivity contribution in [2.24, 2.45) is 17.8 Å². The van der Waals surface area contributed by atoms with Gasteiger partial charge in [-0.1, -0.05) is 42.8 Å². The highest BCUT2D eigenvalue weighted by atomic mass is 16.6. The molecule has 9 heteroatoms. The molecular formula is C25H25N3O6. The third kappa shape index (κ3) is 4.33. The van der Waals surface area contributed by atoms with Crippen LogP contribution in [0.2, 0.25) is 0 Å². The number of nitro groups is 1. The van der Waals surface area contributed by atoms with E-state index >= 15 is 0 Å². The molecule has 0 spiro atoms. The third-order valence-electron chi connectivity index (χ3n) is 6.61. The minimum absolute atomic E-state index is 0.0882. The molecule has 4 rings (SSSR count). The number of imide groups is 1. The third-order valence-corrected chi connectivity index (χ3v) is 6.61. The van der Waals surface area contributed by atoms with Crippen LogP contribution in [0.15, 0.2) is 48.5 Å². The molecule has 0 bridgehead atoms. The number of Topliss-reactive ketones (excluding diaryl/α,β-unsaturated/α-hetero) is 1. The summed E-state index contributed by atoms with van der Waals surface area (Å²) in [5.74, 6) is -3.08. The monoisotopic (exact) mass is 463 g/mol. The van der Waals surface area contributed by atoms with E-state index in [1.165, 1.54) is 18.2 Å². The number of nitrogens with zero attached hydrogens (tertiary/aromatic N) is 3. The summed E-state index contributed by atoms with van der Waals surface area (Å²) < 4.78 is 0. The van der Waals surface area contributed by atoms with Gasteiger partial charge in [-0.15, -0.1) is 0 Å². The number of benzene rings is 2. The van der Waals surface area contributed by atoms with Crippen LogP contribution in [0.3, 0.4) is 0 Å². The van der Waals surface area contributed by atoms with E-state index in [-0.39, 0.29) is 17.2 Å². The maximum absolute atomic E-state index is 13.5. The average molecular weight is 463 g/mol. The number of ketones is 1. The Morgan fingerprint density at radius 2 is 1.71 bits per heavy atom. The summed E-state index contributed by atoms with van der Waals surface area (Å²) in [5.41, 5.74) is 0.878. The Kier molecular flexibility index (Phi) is 6.28. The van der Waals surface area contributed by atoms with Crippen LogP contribution < -0.4 is 0 Å². The highest BCUT2D eigenvalue weighted by molar-refractivity contribution is 6.09. The van der Waals surface area contributed by atoms with Crippen LogP contribution in [0, 0.1) is 34.8 Å². The molecule has 2 aromatic rings. The molecule has 1 saturated heterocycles. The van der Waals surface area contributed by atoms with Crippen molar-refractivity contribution in [1.82, 2.24) is 10.0 Å². The second-order valence-corrected chi connectivity index (χ2v) is 9.08. The fourth-order valence-electron chi connectivity index (χ4n) is 4.71. The van der Waals surface area contributed by atoms with E-state index in [1.807, 2.05) is 13.8 Å². The van der Waals surface area contributed by atoms with Crippen molar-refractivity contribution in [2.45, 2.75) is 33.1 Å². The summed E-state index contributed by atoms with van der Waals surface area (Å²) in [7, 11) is 0. The van der Waals surface area contributed by atoms with Crippen LogP contribution >= 0.6 is 0 Å². The zero-order valence-corrected chi connectivity index (χ0v) is 19.0. The molecule has 176 valence electrons. The standard InChI is InChI=1S/C25H25N3O6/c1-15-6-9-17(10-7-15)22(29)14-26(23(30)18-4-3-5-19(13-18)28(33)34)27-24(31)20-11-8-16(2)12-21(20)25(27)32/h3-7,9-10,13,16,20-21H,8,11-12,14H2,1-2H3/t16-,20+,21-/m0/s1. The van der Waals surface area contributed by atoms with Crippen LogP contribution in [0.1, 0.15) is 52.5 Å². The molecule has 2 aromatic carbocycles. The molecule has 2 aliphatic rings. The van der Waals surface area contributed by atoms with Crippen LogP contribution in [-0.2, 0) is 9.59 Å². The predicted molar refractivity (Wildman–Crippen MR) is 121 cm³/mol. The molecule has 3 atom stereocenters. The summed E-state index contributed by atoms with van der Waals surface area (Å²) in [6.07, 6.45) is 1.88. The van der Waals surface area contributed by atoms with Crippen LogP contribution in [0.4, 0.5) is 5.69 Å². The van der Waals surface area contributed by atoms with E-state index < -0.39 is 46.8 Å². The minimum Gasteiger partial charge on any atom is -0.292 e. The van der Waals surface area contributed by atoms with Gasteiger partial charge in [0.1, 0.15) is 6.54 Å². The number of carbonyl (C=O) groups excluding carboxylic acids is 4. The van der Waals surface area contributed by atoms with Crippen molar-refractivity contribution in [3.05, 3.63) is 75.3 Å². The van der Waals surface area contributed by atoms with Crippen LogP contribution in [-0.4, -0.2) is 45.0 Å². The quantitative estimate of drug-likeness (QED) is 0.280. The van der Waals surface area contributed by atoms with Gasteiger partial charge in [0.25, 0.3) is 23.4 Å². The number of nitro benzene ring substituents is 1. The number of fused-ring (bicyclic) bond motifs is 1. The van der Waals surface area contributed by atoms with E-state index in [0.717, 1.165) is 28.1 Å². The number of non-ortho nitro benzene ring substituents is 1. The normalized spacial score (nSPS) is 21.8. The van der Waals surface area contributed by atoms with Crippen molar-refractivity contribution in [1.29, 1.82) is 0 Å². The number of hydrazine groups is 1. The van der Waals surface area contributed by atoms with Gasteiger partial charge in [-0.2, -0.15) is 5.01 Å². The lowest BCUT2D eigenvalue weighted by molar-refractivity contribution is -0.384. The molecule has 34 heavy (non-hydrogen) atoms. The summed E-state index contributed by atoms with van der Waals surface area (Å²) in [4.78, 5) is 63.7. The second-order valence-electron chi connectivity index (χ2n) is 9.08. The lowest BCUT2D eigenvalue weighted by Crippen LogP contribution is -2.52. The van der Waals surface area contributed by atoms with E-state index in [0.29, 0.717) is 18.4 Å². The van der Waals surface area contributed by atoms with Gasteiger partial charge >= 0.3 is 0 Å². The lowest BCUT2D eigenvalue weighted by Gasteiger charge is -2.30. The van der Waals surface area contributed by atoms with Crippen molar-refractivity contribution < 1.29 is 24.1 Å². The molecule has 1 aliphatic carbocycles. The minimum atomic E-state index is -0.822. The number of rotatable bonds is 6. The molecule has 1 heterocycles. The van der Waals surface area contributed by atoms with Crippen molar-refractivity contribution in [3.63, 3.8) is 0 Å². The molecule has 3 amide bonds. The molecule has 0 unspecified atom stereocenters. The SMILES string of the molecule is Cc1ccc(C(=O)CN(C(=O)c2cccc([N+](=O)[O-])c2)N2C(=O)[C@H]3C[C@@H](C)CC[C@H]3C2=O)cc1. The van der Waals surface area contributed by atoms with Crippen LogP contribution in [0.25, 0.3) is 0 Å². The average Bonchev–Trinajstić information content (AvgIpc) is 3.06. The first-order valence-corrected chi connectivity index (χ1v) is 11.2. The van der Waals surface area contributed by atoms with Gasteiger partial charge < -0.3 is 0 Å². The van der Waals surface area contributed by atoms with Crippen LogP contribution in [0.5, 0.6) is 0 Å². The predicted octanol–water partition coefficient (Wildman–Crippen LogP) is 3.56. The van der Waals surface area contributed by atoms with Gasteiger partial charge in [0, 0.05) is 23.3 Å². The van der Waals surface area contributed by atoms with Crippen molar-refractivity contribution >= 4 is 29.2 Å². The Balaban J connectivity index is 1.71. The van der Waals surface area contributed by atoms with E-state index in [1.54, 1.807) is 24.3 Å². The second kappa shape index (κ2) is 9.17. The number of aryl methyl sites for hydroxylation is 1. The Bertz CT molecular complexity index is 1180. The van der Waals surface area contributed by atoms with E-state index in [4.69, 9.17) is 0 Å². The molecule has 1 saturated carbocycles. The van der Waals surface area contributed by atoms with Gasteiger partial charge in [0.2, 0.25) is 0 Å². The highest BCUT2D eigenvalue weighted by Crippen LogP contribution is 2.41. The van der Waals surface area contributed by atoms with Crippen molar-refractivity contribution in [2.75, 3.05) is 6.54 Å². The number of hydrogen-bond donors (Lipinski definition) is 0. The van der Waals surface area contributed by atoms with Gasteiger partial charge in [0.05, 0.1) is 16.8 Å². The molecule has 9 nitrogen and oxygen atoms in total.